The number of halogens is 1. The zero-order valence-corrected chi connectivity index (χ0v) is 11.6. The first-order valence-corrected chi connectivity index (χ1v) is 6.59. The van der Waals surface area contributed by atoms with Gasteiger partial charge in [0.15, 0.2) is 0 Å². The van der Waals surface area contributed by atoms with Crippen molar-refractivity contribution in [2.24, 2.45) is 0 Å². The number of nitrogens with zero attached hydrogens (tertiary/aromatic N) is 1. The average molecular weight is 270 g/mol. The van der Waals surface area contributed by atoms with Crippen molar-refractivity contribution >= 4 is 17.5 Å². The second kappa shape index (κ2) is 8.06. The molecule has 1 heterocycles. The Bertz CT molecular complexity index is 384. The van der Waals surface area contributed by atoms with Crippen LogP contribution in [0, 0.1) is 0 Å². The molecule has 0 fully saturated rings. The van der Waals surface area contributed by atoms with Crippen LogP contribution in [0.2, 0.25) is 5.02 Å². The molecule has 0 spiro atoms. The molecule has 1 amide bonds. The maximum Gasteiger partial charge on any atom is 0.221 e. The standard InChI is InChI=1S/C13H20ClN3O/c1-3-10(2)17-13(18)5-7-15-8-11-4-6-16-9-12(11)14/h4,6,9-10,15H,3,5,7-8H2,1-2H3,(H,17,18). The highest BCUT2D eigenvalue weighted by molar-refractivity contribution is 6.31. The zero-order chi connectivity index (χ0) is 13.4. The Morgan fingerprint density at radius 3 is 3.00 bits per heavy atom. The fourth-order valence-corrected chi connectivity index (χ4v) is 1.61. The Morgan fingerprint density at radius 2 is 2.33 bits per heavy atom. The maximum atomic E-state index is 11.5. The number of hydrogen-bond donors (Lipinski definition) is 2. The molecule has 0 radical (unpaired) electrons. The smallest absolute Gasteiger partial charge is 0.221 e. The normalized spacial score (nSPS) is 12.2. The fraction of sp³-hybridized carbons (Fsp3) is 0.538. The quantitative estimate of drug-likeness (QED) is 0.746. The number of nitrogens with one attached hydrogen (secondary N) is 2. The molecule has 0 saturated carbocycles. The molecule has 0 aliphatic carbocycles. The summed E-state index contributed by atoms with van der Waals surface area (Å²) in [4.78, 5) is 15.4. The maximum absolute atomic E-state index is 11.5. The van der Waals surface area contributed by atoms with Crippen LogP contribution in [0.15, 0.2) is 18.5 Å². The summed E-state index contributed by atoms with van der Waals surface area (Å²) in [6.07, 6.45) is 4.76. The van der Waals surface area contributed by atoms with E-state index in [1.807, 2.05) is 13.0 Å². The number of carbonyl (C=O) groups is 1. The molecule has 0 aromatic carbocycles. The molecular weight excluding hydrogens is 250 g/mol. The molecule has 0 aliphatic heterocycles. The highest BCUT2D eigenvalue weighted by Crippen LogP contribution is 2.12. The summed E-state index contributed by atoms with van der Waals surface area (Å²) in [5, 5.41) is 6.76. The van der Waals surface area contributed by atoms with Gasteiger partial charge < -0.3 is 10.6 Å². The van der Waals surface area contributed by atoms with E-state index >= 15 is 0 Å². The number of amides is 1. The minimum atomic E-state index is 0.0812. The predicted octanol–water partition coefficient (Wildman–Crippen LogP) is 2.13. The predicted molar refractivity (Wildman–Crippen MR) is 73.5 cm³/mol. The van der Waals surface area contributed by atoms with Gasteiger partial charge in [0.2, 0.25) is 5.91 Å². The molecule has 18 heavy (non-hydrogen) atoms. The van der Waals surface area contributed by atoms with Gasteiger partial charge in [-0.2, -0.15) is 0 Å². The van der Waals surface area contributed by atoms with Crippen LogP contribution >= 0.6 is 11.6 Å². The lowest BCUT2D eigenvalue weighted by molar-refractivity contribution is -0.121. The molecule has 1 rings (SSSR count). The van der Waals surface area contributed by atoms with Gasteiger partial charge in [-0.1, -0.05) is 18.5 Å². The summed E-state index contributed by atoms with van der Waals surface area (Å²) in [5.41, 5.74) is 0.994. The van der Waals surface area contributed by atoms with Gasteiger partial charge in [0.05, 0.1) is 5.02 Å². The average Bonchev–Trinajstić information content (AvgIpc) is 2.36. The largest absolute Gasteiger partial charge is 0.354 e. The number of carbonyl (C=O) groups excluding carboxylic acids is 1. The topological polar surface area (TPSA) is 54.0 Å². The lowest BCUT2D eigenvalue weighted by Gasteiger charge is -2.11. The van der Waals surface area contributed by atoms with E-state index in [4.69, 9.17) is 11.6 Å². The van der Waals surface area contributed by atoms with Crippen molar-refractivity contribution in [3.05, 3.63) is 29.0 Å². The minimum Gasteiger partial charge on any atom is -0.354 e. The lowest BCUT2D eigenvalue weighted by atomic mass is 10.2. The van der Waals surface area contributed by atoms with Gasteiger partial charge in [0.25, 0.3) is 0 Å². The summed E-state index contributed by atoms with van der Waals surface area (Å²) in [7, 11) is 0. The summed E-state index contributed by atoms with van der Waals surface area (Å²) < 4.78 is 0. The Labute approximate surface area is 113 Å². The van der Waals surface area contributed by atoms with Crippen LogP contribution in [0.1, 0.15) is 32.3 Å². The molecular formula is C13H20ClN3O. The van der Waals surface area contributed by atoms with E-state index in [1.165, 1.54) is 0 Å². The molecule has 0 aliphatic rings. The van der Waals surface area contributed by atoms with Gasteiger partial charge in [0.1, 0.15) is 0 Å². The van der Waals surface area contributed by atoms with Crippen LogP contribution in [-0.4, -0.2) is 23.5 Å². The Hall–Kier alpha value is -1.13. The summed E-state index contributed by atoms with van der Waals surface area (Å²) in [6.45, 7) is 5.34. The van der Waals surface area contributed by atoms with Crippen LogP contribution in [0.25, 0.3) is 0 Å². The highest BCUT2D eigenvalue weighted by Gasteiger charge is 2.05. The second-order valence-corrected chi connectivity index (χ2v) is 4.68. The van der Waals surface area contributed by atoms with Crippen LogP contribution in [-0.2, 0) is 11.3 Å². The van der Waals surface area contributed by atoms with E-state index in [9.17, 15) is 4.79 Å². The first-order chi connectivity index (χ1) is 8.63. The van der Waals surface area contributed by atoms with Crippen molar-refractivity contribution in [2.45, 2.75) is 39.3 Å². The third kappa shape index (κ3) is 5.47. The zero-order valence-electron chi connectivity index (χ0n) is 10.9. The molecule has 0 saturated heterocycles. The molecule has 1 atom stereocenters. The number of aromatic nitrogens is 1. The van der Waals surface area contributed by atoms with Gasteiger partial charge in [-0.3, -0.25) is 9.78 Å². The Morgan fingerprint density at radius 1 is 1.56 bits per heavy atom. The van der Waals surface area contributed by atoms with Crippen molar-refractivity contribution in [1.82, 2.24) is 15.6 Å². The highest BCUT2D eigenvalue weighted by atomic mass is 35.5. The molecule has 2 N–H and O–H groups in total. The first kappa shape index (κ1) is 14.9. The fourth-order valence-electron chi connectivity index (χ4n) is 1.42. The number of hydrogen-bond acceptors (Lipinski definition) is 3. The van der Waals surface area contributed by atoms with Crippen molar-refractivity contribution in [3.63, 3.8) is 0 Å². The lowest BCUT2D eigenvalue weighted by Crippen LogP contribution is -2.33. The Balaban J connectivity index is 2.19. The van der Waals surface area contributed by atoms with Gasteiger partial charge >= 0.3 is 0 Å². The van der Waals surface area contributed by atoms with Gasteiger partial charge in [0, 0.05) is 37.9 Å². The SMILES string of the molecule is CCC(C)NC(=O)CCNCc1ccncc1Cl. The van der Waals surface area contributed by atoms with E-state index in [-0.39, 0.29) is 11.9 Å². The number of pyridine rings is 1. The van der Waals surface area contributed by atoms with E-state index in [0.717, 1.165) is 12.0 Å². The van der Waals surface area contributed by atoms with Crippen molar-refractivity contribution in [3.8, 4) is 0 Å². The van der Waals surface area contributed by atoms with Crippen LogP contribution in [0.3, 0.4) is 0 Å². The molecule has 100 valence electrons. The summed E-state index contributed by atoms with van der Waals surface area (Å²) in [5.74, 6) is 0.0812. The summed E-state index contributed by atoms with van der Waals surface area (Å²) >= 11 is 5.97. The first-order valence-electron chi connectivity index (χ1n) is 6.22. The third-order valence-corrected chi connectivity index (χ3v) is 3.06. The van der Waals surface area contributed by atoms with Crippen molar-refractivity contribution in [2.75, 3.05) is 6.54 Å². The van der Waals surface area contributed by atoms with Gasteiger partial charge in [-0.15, -0.1) is 0 Å². The molecule has 0 bridgehead atoms. The van der Waals surface area contributed by atoms with Crippen LogP contribution in [0.5, 0.6) is 0 Å². The van der Waals surface area contributed by atoms with E-state index in [2.05, 4.69) is 22.5 Å². The van der Waals surface area contributed by atoms with E-state index < -0.39 is 0 Å². The molecule has 1 unspecified atom stereocenters. The third-order valence-electron chi connectivity index (χ3n) is 2.72. The van der Waals surface area contributed by atoms with Crippen LogP contribution in [0.4, 0.5) is 0 Å². The summed E-state index contributed by atoms with van der Waals surface area (Å²) in [6, 6.07) is 2.11. The van der Waals surface area contributed by atoms with E-state index in [0.29, 0.717) is 24.5 Å². The van der Waals surface area contributed by atoms with Crippen molar-refractivity contribution < 1.29 is 4.79 Å². The molecule has 4 nitrogen and oxygen atoms in total. The van der Waals surface area contributed by atoms with E-state index in [1.54, 1.807) is 12.4 Å². The molecule has 1 aromatic heterocycles. The van der Waals surface area contributed by atoms with Gasteiger partial charge in [-0.25, -0.2) is 0 Å². The number of rotatable bonds is 7. The Kier molecular flexibility index (Phi) is 6.68. The minimum absolute atomic E-state index is 0.0812. The van der Waals surface area contributed by atoms with Crippen molar-refractivity contribution in [1.29, 1.82) is 0 Å². The van der Waals surface area contributed by atoms with Gasteiger partial charge in [-0.05, 0) is 25.0 Å². The van der Waals surface area contributed by atoms with Crippen LogP contribution < -0.4 is 10.6 Å². The second-order valence-electron chi connectivity index (χ2n) is 4.27. The molecule has 5 heteroatoms. The monoisotopic (exact) mass is 269 g/mol. The molecule has 1 aromatic rings.